The number of rotatable bonds is 2. The molecule has 0 unspecified atom stereocenters. The van der Waals surface area contributed by atoms with Crippen LogP contribution >= 0.6 is 0 Å². The minimum absolute atomic E-state index is 0. The average Bonchev–Trinajstić information content (AvgIpc) is 2.37. The molecule has 3 rings (SSSR count). The van der Waals surface area contributed by atoms with Crippen LogP contribution in [0.15, 0.2) is 24.4 Å². The summed E-state index contributed by atoms with van der Waals surface area (Å²) in [4.78, 5) is 4.36. The average molecular weight is 301 g/mol. The zero-order chi connectivity index (χ0) is 13.5. The van der Waals surface area contributed by atoms with Crippen LogP contribution in [0.5, 0.6) is 5.75 Å². The number of hydrogen-bond donors (Lipinski definition) is 0. The van der Waals surface area contributed by atoms with E-state index in [2.05, 4.69) is 9.17 Å². The van der Waals surface area contributed by atoms with Crippen LogP contribution in [0, 0.1) is 0 Å². The molecule has 7 heteroatoms. The number of pyridine rings is 1. The van der Waals surface area contributed by atoms with Crippen LogP contribution in [0.25, 0.3) is 10.8 Å². The van der Waals surface area contributed by atoms with E-state index >= 15 is 0 Å². The number of benzene rings is 1. The Bertz CT molecular complexity index is 745. The fourth-order valence-electron chi connectivity index (χ4n) is 2.59. The second kappa shape index (κ2) is 5.99. The molecule has 1 aromatic carbocycles. The maximum atomic E-state index is 10.7. The smallest absolute Gasteiger partial charge is 0.716 e. The first-order valence-electron chi connectivity index (χ1n) is 6.09. The molecule has 0 spiro atoms. The molecule has 0 bridgehead atoms. The third kappa shape index (κ3) is 3.15. The molecule has 0 atom stereocenters. The summed E-state index contributed by atoms with van der Waals surface area (Å²) in [6.45, 7) is 0. The van der Waals surface area contributed by atoms with Crippen molar-refractivity contribution in [3.8, 4) is 5.75 Å². The first kappa shape index (κ1) is 15.7. The van der Waals surface area contributed by atoms with E-state index in [4.69, 9.17) is 0 Å². The molecule has 1 aromatic heterocycles. The minimum Gasteiger partial charge on any atom is -0.716 e. The molecule has 0 saturated heterocycles. The van der Waals surface area contributed by atoms with E-state index in [0.717, 1.165) is 42.3 Å². The third-order valence-corrected chi connectivity index (χ3v) is 3.75. The summed E-state index contributed by atoms with van der Waals surface area (Å²) in [5.41, 5.74) is 2.19. The molecule has 0 fully saturated rings. The number of aromatic nitrogens is 1. The van der Waals surface area contributed by atoms with Gasteiger partial charge in [-0.3, -0.25) is 4.98 Å². The summed E-state index contributed by atoms with van der Waals surface area (Å²) >= 11 is 0. The summed E-state index contributed by atoms with van der Waals surface area (Å²) in [6.07, 6.45) is 5.67. The zero-order valence-electron chi connectivity index (χ0n) is 11.1. The van der Waals surface area contributed by atoms with Crippen LogP contribution < -0.4 is 33.7 Å². The van der Waals surface area contributed by atoms with Crippen molar-refractivity contribution >= 4 is 21.2 Å². The number of hydrogen-bond acceptors (Lipinski definition) is 5. The second-order valence-corrected chi connectivity index (χ2v) is 5.58. The summed E-state index contributed by atoms with van der Waals surface area (Å²) in [7, 11) is -4.77. The molecule has 0 saturated carbocycles. The van der Waals surface area contributed by atoms with E-state index < -0.39 is 10.4 Å². The molecule has 1 aliphatic carbocycles. The van der Waals surface area contributed by atoms with Gasteiger partial charge in [-0.2, -0.15) is 0 Å². The molecular formula is C13H12NNaO4S. The van der Waals surface area contributed by atoms with Crippen molar-refractivity contribution in [2.24, 2.45) is 0 Å². The molecule has 1 heterocycles. The van der Waals surface area contributed by atoms with Crippen molar-refractivity contribution in [2.45, 2.75) is 25.7 Å². The van der Waals surface area contributed by atoms with Gasteiger partial charge >= 0.3 is 29.6 Å². The van der Waals surface area contributed by atoms with Gasteiger partial charge in [-0.25, -0.2) is 8.42 Å². The van der Waals surface area contributed by atoms with E-state index in [9.17, 15) is 13.0 Å². The van der Waals surface area contributed by atoms with Crippen LogP contribution in [0.1, 0.15) is 24.1 Å². The Morgan fingerprint density at radius 2 is 1.90 bits per heavy atom. The van der Waals surface area contributed by atoms with Gasteiger partial charge in [0.1, 0.15) is 0 Å². The number of nitrogens with zero attached hydrogens (tertiary/aromatic N) is 1. The Kier molecular flexibility index (Phi) is 4.71. The zero-order valence-corrected chi connectivity index (χ0v) is 13.9. The molecule has 100 valence electrons. The van der Waals surface area contributed by atoms with Gasteiger partial charge in [0.25, 0.3) is 10.4 Å². The summed E-state index contributed by atoms with van der Waals surface area (Å²) in [5, 5.41) is 1.49. The van der Waals surface area contributed by atoms with Crippen molar-refractivity contribution in [1.29, 1.82) is 0 Å². The van der Waals surface area contributed by atoms with Gasteiger partial charge in [-0.1, -0.05) is 12.1 Å². The van der Waals surface area contributed by atoms with Crippen molar-refractivity contribution in [2.75, 3.05) is 0 Å². The Hall–Kier alpha value is -0.660. The van der Waals surface area contributed by atoms with Crippen LogP contribution in [0.3, 0.4) is 0 Å². The van der Waals surface area contributed by atoms with E-state index in [1.807, 2.05) is 6.07 Å². The molecule has 0 aliphatic heterocycles. The summed E-state index contributed by atoms with van der Waals surface area (Å²) < 4.78 is 36.7. The first-order chi connectivity index (χ1) is 9.04. The molecule has 1 aliphatic rings. The molecule has 0 N–H and O–H groups in total. The first-order valence-corrected chi connectivity index (χ1v) is 7.43. The van der Waals surface area contributed by atoms with Crippen molar-refractivity contribution in [3.05, 3.63) is 35.7 Å². The Labute approximate surface area is 139 Å². The normalized spacial score (nSPS) is 14.4. The predicted molar refractivity (Wildman–Crippen MR) is 68.7 cm³/mol. The van der Waals surface area contributed by atoms with Gasteiger partial charge in [0.2, 0.25) is 0 Å². The molecule has 0 radical (unpaired) electrons. The number of aryl methyl sites for hydroxylation is 2. The third-order valence-electron chi connectivity index (χ3n) is 3.37. The SMILES string of the molecule is O=S(=O)([O-])Oc1cccc2c3c(ncc12)CCCC3.[Na+]. The fraction of sp³-hybridized carbons (Fsp3) is 0.308. The monoisotopic (exact) mass is 301 g/mol. The summed E-state index contributed by atoms with van der Waals surface area (Å²) in [5.74, 6) is 0.0494. The Morgan fingerprint density at radius 3 is 2.65 bits per heavy atom. The quantitative estimate of drug-likeness (QED) is 0.402. The van der Waals surface area contributed by atoms with E-state index in [0.29, 0.717) is 5.39 Å². The van der Waals surface area contributed by atoms with Gasteiger partial charge in [0.15, 0.2) is 5.75 Å². The maximum Gasteiger partial charge on any atom is 1.00 e. The maximum absolute atomic E-state index is 10.7. The summed E-state index contributed by atoms with van der Waals surface area (Å²) in [6, 6.07) is 5.07. The van der Waals surface area contributed by atoms with E-state index in [1.54, 1.807) is 12.3 Å². The minimum atomic E-state index is -4.77. The standard InChI is InChI=1S/C13H13NO4S.Na/c15-19(16,17)18-13-7-3-5-9-10-4-1-2-6-12(10)14-8-11(9)13;/h3,5,7-8H,1-2,4,6H2,(H,15,16,17);/q;+1/p-1. The van der Waals surface area contributed by atoms with Crippen molar-refractivity contribution in [3.63, 3.8) is 0 Å². The van der Waals surface area contributed by atoms with E-state index in [-0.39, 0.29) is 35.3 Å². The Balaban J connectivity index is 0.00000147. The van der Waals surface area contributed by atoms with Gasteiger partial charge in [-0.05, 0) is 42.7 Å². The van der Waals surface area contributed by atoms with Crippen LogP contribution in [-0.2, 0) is 23.2 Å². The fourth-order valence-corrected chi connectivity index (χ4v) is 2.95. The second-order valence-electron chi connectivity index (χ2n) is 4.60. The molecule has 2 aromatic rings. The molecule has 5 nitrogen and oxygen atoms in total. The molecule has 0 amide bonds. The predicted octanol–water partition coefficient (Wildman–Crippen LogP) is -1.04. The molecule has 20 heavy (non-hydrogen) atoms. The van der Waals surface area contributed by atoms with Crippen LogP contribution in [0.4, 0.5) is 0 Å². The van der Waals surface area contributed by atoms with Crippen molar-refractivity contribution in [1.82, 2.24) is 4.98 Å². The van der Waals surface area contributed by atoms with Gasteiger partial charge in [0.05, 0.1) is 0 Å². The topological polar surface area (TPSA) is 79.3 Å². The van der Waals surface area contributed by atoms with Gasteiger partial charge in [0, 0.05) is 17.3 Å². The van der Waals surface area contributed by atoms with Gasteiger partial charge < -0.3 is 8.74 Å². The van der Waals surface area contributed by atoms with E-state index in [1.165, 1.54) is 6.07 Å². The number of fused-ring (bicyclic) bond motifs is 3. The Morgan fingerprint density at radius 1 is 1.15 bits per heavy atom. The van der Waals surface area contributed by atoms with Crippen LogP contribution in [0.2, 0.25) is 0 Å². The van der Waals surface area contributed by atoms with Crippen molar-refractivity contribution < 1.29 is 46.7 Å². The largest absolute Gasteiger partial charge is 1.00 e. The van der Waals surface area contributed by atoms with Gasteiger partial charge in [-0.15, -0.1) is 0 Å². The van der Waals surface area contributed by atoms with Crippen LogP contribution in [-0.4, -0.2) is 18.0 Å². The molecular weight excluding hydrogens is 289 g/mol.